The van der Waals surface area contributed by atoms with Crippen LogP contribution in [0.15, 0.2) is 24.3 Å². The van der Waals surface area contributed by atoms with Gasteiger partial charge >= 0.3 is 0 Å². The standard InChI is InChI=1S/C19H37N/c1-13(2)11-12-18(17(9)14(3)4)19(10,15(5)6)20-16(7)8/h14-16,18,20H,1,9,11-12H2,2-8,10H3. The van der Waals surface area contributed by atoms with Crippen molar-refractivity contribution in [1.82, 2.24) is 5.32 Å². The highest BCUT2D eigenvalue weighted by atomic mass is 15.0. The summed E-state index contributed by atoms with van der Waals surface area (Å²) in [5.41, 5.74) is 2.73. The first-order valence-corrected chi connectivity index (χ1v) is 8.13. The van der Waals surface area contributed by atoms with Gasteiger partial charge in [0.25, 0.3) is 0 Å². The zero-order valence-corrected chi connectivity index (χ0v) is 15.1. The lowest BCUT2D eigenvalue weighted by Gasteiger charge is -2.45. The molecular formula is C19H37N. The van der Waals surface area contributed by atoms with Gasteiger partial charge < -0.3 is 5.32 Å². The molecule has 0 bridgehead atoms. The molecule has 1 N–H and O–H groups in total. The van der Waals surface area contributed by atoms with Gasteiger partial charge in [-0.25, -0.2) is 0 Å². The van der Waals surface area contributed by atoms with E-state index in [2.05, 4.69) is 73.9 Å². The van der Waals surface area contributed by atoms with Crippen molar-refractivity contribution in [1.29, 1.82) is 0 Å². The smallest absolute Gasteiger partial charge is 0.0243 e. The predicted octanol–water partition coefficient (Wildman–Crippen LogP) is 5.58. The third-order valence-electron chi connectivity index (χ3n) is 4.57. The van der Waals surface area contributed by atoms with Crippen LogP contribution in [0.25, 0.3) is 0 Å². The molecule has 1 heteroatoms. The van der Waals surface area contributed by atoms with E-state index in [1.54, 1.807) is 0 Å². The molecule has 2 atom stereocenters. The zero-order chi connectivity index (χ0) is 16.1. The van der Waals surface area contributed by atoms with E-state index in [1.165, 1.54) is 11.1 Å². The molecular weight excluding hydrogens is 242 g/mol. The van der Waals surface area contributed by atoms with Crippen LogP contribution in [-0.2, 0) is 0 Å². The Balaban J connectivity index is 5.40. The second-order valence-electron chi connectivity index (χ2n) is 7.51. The van der Waals surface area contributed by atoms with Gasteiger partial charge in [-0.2, -0.15) is 0 Å². The van der Waals surface area contributed by atoms with Crippen molar-refractivity contribution in [2.24, 2.45) is 17.8 Å². The minimum atomic E-state index is 0.0883. The first-order chi connectivity index (χ1) is 9.02. The second-order valence-corrected chi connectivity index (χ2v) is 7.51. The first kappa shape index (κ1) is 19.4. The van der Waals surface area contributed by atoms with E-state index in [0.717, 1.165) is 12.8 Å². The summed E-state index contributed by atoms with van der Waals surface area (Å²) in [6.07, 6.45) is 2.22. The number of hydrogen-bond acceptors (Lipinski definition) is 1. The Kier molecular flexibility index (Phi) is 7.80. The van der Waals surface area contributed by atoms with Crippen LogP contribution in [0.1, 0.15) is 68.2 Å². The van der Waals surface area contributed by atoms with Crippen molar-refractivity contribution < 1.29 is 0 Å². The summed E-state index contributed by atoms with van der Waals surface area (Å²) >= 11 is 0. The normalized spacial score (nSPS) is 16.6. The van der Waals surface area contributed by atoms with Crippen molar-refractivity contribution in [3.05, 3.63) is 24.3 Å². The van der Waals surface area contributed by atoms with E-state index >= 15 is 0 Å². The molecule has 0 rings (SSSR count). The molecule has 0 aromatic rings. The van der Waals surface area contributed by atoms with Crippen molar-refractivity contribution in [3.8, 4) is 0 Å². The molecule has 0 saturated carbocycles. The van der Waals surface area contributed by atoms with Crippen LogP contribution >= 0.6 is 0 Å². The number of rotatable bonds is 9. The minimum absolute atomic E-state index is 0.0883. The lowest BCUT2D eigenvalue weighted by atomic mass is 9.68. The third-order valence-corrected chi connectivity index (χ3v) is 4.57. The third kappa shape index (κ3) is 5.44. The molecule has 0 heterocycles. The van der Waals surface area contributed by atoms with Gasteiger partial charge in [-0.15, -0.1) is 6.58 Å². The van der Waals surface area contributed by atoms with Crippen molar-refractivity contribution in [2.75, 3.05) is 0 Å². The Bertz CT molecular complexity index is 325. The lowest BCUT2D eigenvalue weighted by Crippen LogP contribution is -2.56. The highest BCUT2D eigenvalue weighted by Crippen LogP contribution is 2.38. The molecule has 20 heavy (non-hydrogen) atoms. The Hall–Kier alpha value is -0.560. The summed E-state index contributed by atoms with van der Waals surface area (Å²) in [4.78, 5) is 0. The van der Waals surface area contributed by atoms with Gasteiger partial charge in [-0.1, -0.05) is 59.3 Å². The van der Waals surface area contributed by atoms with Crippen LogP contribution in [0.4, 0.5) is 0 Å². The first-order valence-electron chi connectivity index (χ1n) is 8.13. The molecule has 0 radical (unpaired) electrons. The molecule has 0 spiro atoms. The maximum Gasteiger partial charge on any atom is 0.0243 e. The maximum absolute atomic E-state index is 4.42. The fourth-order valence-electron chi connectivity index (χ4n) is 2.96. The van der Waals surface area contributed by atoms with E-state index < -0.39 is 0 Å². The highest BCUT2D eigenvalue weighted by Gasteiger charge is 2.38. The maximum atomic E-state index is 4.42. The molecule has 118 valence electrons. The summed E-state index contributed by atoms with van der Waals surface area (Å²) < 4.78 is 0. The van der Waals surface area contributed by atoms with E-state index in [-0.39, 0.29) is 5.54 Å². The monoisotopic (exact) mass is 279 g/mol. The quantitative estimate of drug-likeness (QED) is 0.543. The minimum Gasteiger partial charge on any atom is -0.308 e. The van der Waals surface area contributed by atoms with Crippen LogP contribution in [0.2, 0.25) is 0 Å². The largest absolute Gasteiger partial charge is 0.308 e. The van der Waals surface area contributed by atoms with E-state index in [9.17, 15) is 0 Å². The summed E-state index contributed by atoms with van der Waals surface area (Å²) in [6, 6.07) is 0.481. The van der Waals surface area contributed by atoms with Crippen LogP contribution in [0.3, 0.4) is 0 Å². The summed E-state index contributed by atoms with van der Waals surface area (Å²) in [7, 11) is 0. The second kappa shape index (κ2) is 8.02. The number of allylic oxidation sites excluding steroid dienone is 1. The molecule has 0 saturated heterocycles. The Morgan fingerprint density at radius 2 is 1.55 bits per heavy atom. The van der Waals surface area contributed by atoms with Crippen molar-refractivity contribution in [3.63, 3.8) is 0 Å². The van der Waals surface area contributed by atoms with Gasteiger partial charge in [0, 0.05) is 11.6 Å². The average Bonchev–Trinajstić information content (AvgIpc) is 2.26. The topological polar surface area (TPSA) is 12.0 Å². The number of nitrogens with one attached hydrogen (secondary N) is 1. The molecule has 0 aromatic heterocycles. The Morgan fingerprint density at radius 1 is 1.05 bits per heavy atom. The summed E-state index contributed by atoms with van der Waals surface area (Å²) in [5, 5.41) is 3.82. The van der Waals surface area contributed by atoms with E-state index in [1.807, 2.05) is 0 Å². The van der Waals surface area contributed by atoms with Crippen LogP contribution in [0, 0.1) is 17.8 Å². The van der Waals surface area contributed by atoms with Crippen LogP contribution < -0.4 is 5.32 Å². The van der Waals surface area contributed by atoms with Crippen LogP contribution in [0.5, 0.6) is 0 Å². The van der Waals surface area contributed by atoms with Crippen LogP contribution in [-0.4, -0.2) is 11.6 Å². The van der Waals surface area contributed by atoms with Crippen molar-refractivity contribution in [2.45, 2.75) is 79.8 Å². The Labute approximate surface area is 127 Å². The molecule has 0 amide bonds. The van der Waals surface area contributed by atoms with Gasteiger partial charge in [-0.05, 0) is 44.4 Å². The van der Waals surface area contributed by atoms with Gasteiger partial charge in [-0.3, -0.25) is 0 Å². The van der Waals surface area contributed by atoms with Gasteiger partial charge in [0.05, 0.1) is 0 Å². The van der Waals surface area contributed by atoms with Gasteiger partial charge in [0.1, 0.15) is 0 Å². The molecule has 1 nitrogen and oxygen atoms in total. The fraction of sp³-hybridized carbons (Fsp3) is 0.789. The molecule has 0 fully saturated rings. The molecule has 0 aliphatic rings. The fourth-order valence-corrected chi connectivity index (χ4v) is 2.96. The Morgan fingerprint density at radius 3 is 1.85 bits per heavy atom. The predicted molar refractivity (Wildman–Crippen MR) is 93.0 cm³/mol. The average molecular weight is 280 g/mol. The summed E-state index contributed by atoms with van der Waals surface area (Å²) in [5.74, 6) is 1.58. The van der Waals surface area contributed by atoms with Crippen molar-refractivity contribution >= 4 is 0 Å². The molecule has 0 aliphatic carbocycles. The van der Waals surface area contributed by atoms with Gasteiger partial charge in [0.15, 0.2) is 0 Å². The van der Waals surface area contributed by atoms with E-state index in [0.29, 0.717) is 23.8 Å². The molecule has 0 aliphatic heterocycles. The highest BCUT2D eigenvalue weighted by molar-refractivity contribution is 5.14. The van der Waals surface area contributed by atoms with Gasteiger partial charge in [0.2, 0.25) is 0 Å². The van der Waals surface area contributed by atoms with E-state index in [4.69, 9.17) is 0 Å². The SMILES string of the molecule is C=C(C)CCC(C(=C)C(C)C)C(C)(NC(C)C)C(C)C. The zero-order valence-electron chi connectivity index (χ0n) is 15.1. The lowest BCUT2D eigenvalue weighted by molar-refractivity contribution is 0.158. The summed E-state index contributed by atoms with van der Waals surface area (Å²) in [6.45, 7) is 26.6. The molecule has 0 aromatic carbocycles. The molecule has 2 unspecified atom stereocenters. The number of hydrogen-bond donors (Lipinski definition) is 1.